The van der Waals surface area contributed by atoms with Crippen LogP contribution in [0.4, 0.5) is 8.78 Å². The van der Waals surface area contributed by atoms with Crippen LogP contribution in [0.25, 0.3) is 0 Å². The van der Waals surface area contributed by atoms with Crippen LogP contribution in [0.1, 0.15) is 82.3 Å². The second-order valence-corrected chi connectivity index (χ2v) is 11.2. The summed E-state index contributed by atoms with van der Waals surface area (Å²) in [6.07, 6.45) is 19.5. The van der Waals surface area contributed by atoms with E-state index >= 15 is 0 Å². The van der Waals surface area contributed by atoms with Crippen LogP contribution < -0.4 is 0 Å². The van der Waals surface area contributed by atoms with Crippen LogP contribution in [-0.4, -0.2) is 50.6 Å². The van der Waals surface area contributed by atoms with Crippen molar-refractivity contribution in [2.45, 2.75) is 52.1 Å². The van der Waals surface area contributed by atoms with Gasteiger partial charge in [-0.15, -0.1) is 0 Å². The van der Waals surface area contributed by atoms with Gasteiger partial charge in [-0.05, 0) is 75.1 Å². The van der Waals surface area contributed by atoms with Gasteiger partial charge < -0.3 is 9.13 Å². The second kappa shape index (κ2) is 18.5. The van der Waals surface area contributed by atoms with Gasteiger partial charge in [-0.25, -0.2) is 18.7 Å². The van der Waals surface area contributed by atoms with Gasteiger partial charge in [0.25, 0.3) is 0 Å². The summed E-state index contributed by atoms with van der Waals surface area (Å²) in [5, 5.41) is 0. The first-order chi connectivity index (χ1) is 24.2. The first kappa shape index (κ1) is 36.8. The highest BCUT2D eigenvalue weighted by Gasteiger charge is 2.17. The molecule has 50 heavy (non-hydrogen) atoms. The number of imidazole rings is 2. The highest BCUT2D eigenvalue weighted by atomic mass is 19.1. The Hall–Kier alpha value is -6.04. The first-order valence-electron chi connectivity index (χ1n) is 15.9. The predicted molar refractivity (Wildman–Crippen MR) is 185 cm³/mol. The second-order valence-electron chi connectivity index (χ2n) is 11.2. The Bertz CT molecular complexity index is 1940. The molecule has 0 aliphatic heterocycles. The molecule has 6 aromatic rings. The van der Waals surface area contributed by atoms with Crippen molar-refractivity contribution in [2.75, 3.05) is 0 Å². The van der Waals surface area contributed by atoms with E-state index in [2.05, 4.69) is 36.5 Å². The topological polar surface area (TPSA) is 121 Å². The Morgan fingerprint density at radius 2 is 1.24 bits per heavy atom. The van der Waals surface area contributed by atoms with Crippen molar-refractivity contribution in [2.24, 2.45) is 0 Å². The van der Waals surface area contributed by atoms with Gasteiger partial charge in [0.2, 0.25) is 5.78 Å². The maximum absolute atomic E-state index is 13.1. The number of halogens is 2. The number of allylic oxidation sites excluding steroid dienone is 1. The van der Waals surface area contributed by atoms with E-state index in [1.165, 1.54) is 36.5 Å². The first-order valence-corrected chi connectivity index (χ1v) is 15.9. The quantitative estimate of drug-likeness (QED) is 0.103. The van der Waals surface area contributed by atoms with E-state index in [-0.39, 0.29) is 35.3 Å². The number of rotatable bonds is 11. The van der Waals surface area contributed by atoms with Crippen molar-refractivity contribution < 1.29 is 18.4 Å². The lowest BCUT2D eigenvalue weighted by Gasteiger charge is -2.16. The van der Waals surface area contributed by atoms with E-state index in [0.717, 1.165) is 22.5 Å². The van der Waals surface area contributed by atoms with Crippen LogP contribution in [0.15, 0.2) is 123 Å². The molecule has 2 atom stereocenters. The molecule has 0 saturated carbocycles. The third kappa shape index (κ3) is 10.5. The average molecular weight is 677 g/mol. The standard InChI is InChI=1S/C19H19FN4O.C14H13FN2O.C5H6N2/c1-14(15-5-7-16(20)8-6-15)24-13-22-12-18(24)19(25)4-2-3-17-11-21-9-10-23-17;1-3-14(18)13-8-16-9-17(13)10(2)11-4-6-12(15)7-5-11;1-5-4-6-2-3-7-5/h5-14H,2-4H2,1H3;3-10H,1H2,2H3;2-4H,1H3/t14-;10-;/m11./s1. The number of nitrogens with zero attached hydrogens (tertiary/aromatic N) is 8. The van der Waals surface area contributed by atoms with Crippen molar-refractivity contribution in [3.8, 4) is 0 Å². The lowest BCUT2D eigenvalue weighted by molar-refractivity contribution is 0.0969. The highest BCUT2D eigenvalue weighted by molar-refractivity contribution is 6.02. The zero-order valence-corrected chi connectivity index (χ0v) is 28.1. The summed E-state index contributed by atoms with van der Waals surface area (Å²) in [6, 6.07) is 12.3. The largest absolute Gasteiger partial charge is 0.321 e. The van der Waals surface area contributed by atoms with Gasteiger partial charge in [-0.3, -0.25) is 29.5 Å². The van der Waals surface area contributed by atoms with Crippen LogP contribution in [0, 0.1) is 18.6 Å². The molecule has 0 bridgehead atoms. The van der Waals surface area contributed by atoms with Crippen molar-refractivity contribution in [3.63, 3.8) is 0 Å². The fraction of sp³-hybridized carbons (Fsp3) is 0.211. The number of hydrogen-bond acceptors (Lipinski definition) is 8. The average Bonchev–Trinajstić information content (AvgIpc) is 3.84. The molecule has 0 spiro atoms. The van der Waals surface area contributed by atoms with Gasteiger partial charge in [0, 0.05) is 43.6 Å². The van der Waals surface area contributed by atoms with Gasteiger partial charge in [0.1, 0.15) is 23.0 Å². The molecule has 0 unspecified atom stereocenters. The van der Waals surface area contributed by atoms with Crippen LogP contribution in [0.3, 0.4) is 0 Å². The molecule has 4 aromatic heterocycles. The number of carbonyl (C=O) groups excluding carboxylic acids is 2. The van der Waals surface area contributed by atoms with E-state index in [0.29, 0.717) is 30.7 Å². The summed E-state index contributed by atoms with van der Waals surface area (Å²) in [6.45, 7) is 9.26. The SMILES string of the molecule is C=CC(=O)c1cncn1[C@H](C)c1ccc(F)cc1.C[C@H](c1ccc(F)cc1)n1cncc1C(=O)CCCc1cnccn1.Cc1cnccn1. The van der Waals surface area contributed by atoms with E-state index in [1.54, 1.807) is 84.9 Å². The summed E-state index contributed by atoms with van der Waals surface area (Å²) in [5.41, 5.74) is 4.71. The van der Waals surface area contributed by atoms with Gasteiger partial charge in [0.05, 0.1) is 48.5 Å². The zero-order valence-electron chi connectivity index (χ0n) is 28.1. The minimum atomic E-state index is -0.279. The number of Topliss-reactive ketones (excluding diaryl/α,β-unsaturated/α-hetero) is 1. The van der Waals surface area contributed by atoms with Crippen LogP contribution >= 0.6 is 0 Å². The molecule has 2 aromatic carbocycles. The molecule has 0 radical (unpaired) electrons. The van der Waals surface area contributed by atoms with Gasteiger partial charge in [-0.2, -0.15) is 0 Å². The molecule has 4 heterocycles. The van der Waals surface area contributed by atoms with Crippen molar-refractivity contribution in [3.05, 3.63) is 169 Å². The Morgan fingerprint density at radius 1 is 0.720 bits per heavy atom. The summed E-state index contributed by atoms with van der Waals surface area (Å²) < 4.78 is 29.5. The Balaban J connectivity index is 0.000000195. The molecule has 0 amide bonds. The zero-order chi connectivity index (χ0) is 35.9. The summed E-state index contributed by atoms with van der Waals surface area (Å²) in [5.74, 6) is -0.697. The van der Waals surface area contributed by atoms with Gasteiger partial charge >= 0.3 is 0 Å². The van der Waals surface area contributed by atoms with Gasteiger partial charge in [-0.1, -0.05) is 30.8 Å². The van der Waals surface area contributed by atoms with Crippen LogP contribution in [0.2, 0.25) is 0 Å². The minimum absolute atomic E-state index is 0.0374. The number of carbonyl (C=O) groups is 2. The minimum Gasteiger partial charge on any atom is -0.321 e. The van der Waals surface area contributed by atoms with E-state index < -0.39 is 0 Å². The molecule has 10 nitrogen and oxygen atoms in total. The smallest absolute Gasteiger partial charge is 0.203 e. The van der Waals surface area contributed by atoms with Crippen LogP contribution in [0.5, 0.6) is 0 Å². The monoisotopic (exact) mass is 676 g/mol. The molecule has 0 saturated heterocycles. The van der Waals surface area contributed by atoms with Crippen molar-refractivity contribution in [1.29, 1.82) is 0 Å². The number of aryl methyl sites for hydroxylation is 2. The maximum Gasteiger partial charge on any atom is 0.203 e. The molecule has 0 N–H and O–H groups in total. The van der Waals surface area contributed by atoms with E-state index in [4.69, 9.17) is 0 Å². The Labute approximate surface area is 289 Å². The van der Waals surface area contributed by atoms with Crippen molar-refractivity contribution in [1.82, 2.24) is 39.0 Å². The number of hydrogen-bond donors (Lipinski definition) is 0. The molecule has 0 aliphatic rings. The summed E-state index contributed by atoms with van der Waals surface area (Å²) in [7, 11) is 0. The molecule has 256 valence electrons. The Kier molecular flexibility index (Phi) is 13.6. The fourth-order valence-electron chi connectivity index (χ4n) is 4.93. The van der Waals surface area contributed by atoms with E-state index in [1.807, 2.05) is 25.3 Å². The number of aromatic nitrogens is 8. The van der Waals surface area contributed by atoms with Crippen LogP contribution in [-0.2, 0) is 6.42 Å². The van der Waals surface area contributed by atoms with Gasteiger partial charge in [0.15, 0.2) is 5.78 Å². The third-order valence-corrected chi connectivity index (χ3v) is 7.74. The fourth-order valence-corrected chi connectivity index (χ4v) is 4.93. The Morgan fingerprint density at radius 3 is 1.70 bits per heavy atom. The molecule has 0 fully saturated rings. The van der Waals surface area contributed by atoms with Crippen molar-refractivity contribution >= 4 is 11.6 Å². The lowest BCUT2D eigenvalue weighted by atomic mass is 10.1. The molecular formula is C38H38F2N8O2. The van der Waals surface area contributed by atoms with E-state index in [9.17, 15) is 18.4 Å². The number of ketones is 2. The normalized spacial score (nSPS) is 11.6. The highest BCUT2D eigenvalue weighted by Crippen LogP contribution is 2.22. The molecular weight excluding hydrogens is 638 g/mol. The summed E-state index contributed by atoms with van der Waals surface area (Å²) >= 11 is 0. The summed E-state index contributed by atoms with van der Waals surface area (Å²) in [4.78, 5) is 48.3. The predicted octanol–water partition coefficient (Wildman–Crippen LogP) is 7.41. The molecule has 12 heteroatoms. The lowest BCUT2D eigenvalue weighted by Crippen LogP contribution is -2.13. The maximum atomic E-state index is 13.1. The number of benzene rings is 2. The molecule has 0 aliphatic carbocycles. The third-order valence-electron chi connectivity index (χ3n) is 7.74. The molecule has 6 rings (SSSR count).